The van der Waals surface area contributed by atoms with Crippen molar-refractivity contribution in [2.75, 3.05) is 13.1 Å². The molecule has 24 heavy (non-hydrogen) atoms. The highest BCUT2D eigenvalue weighted by Crippen LogP contribution is 2.33. The summed E-state index contributed by atoms with van der Waals surface area (Å²) in [5.41, 5.74) is 1.99. The average Bonchev–Trinajstić information content (AvgIpc) is 3.20. The molecule has 3 rings (SSSR count). The molecule has 1 amide bonds. The summed E-state index contributed by atoms with van der Waals surface area (Å²) in [4.78, 5) is 25.8. The molecule has 2 heterocycles. The first-order valence-corrected chi connectivity index (χ1v) is 8.07. The van der Waals surface area contributed by atoms with Crippen LogP contribution in [0.25, 0.3) is 0 Å². The number of aromatic nitrogens is 2. The minimum atomic E-state index is -0.841. The summed E-state index contributed by atoms with van der Waals surface area (Å²) >= 11 is 0. The maximum Gasteiger partial charge on any atom is 0.308 e. The molecule has 1 N–H and O–H groups in total. The molecule has 1 aliphatic heterocycles. The van der Waals surface area contributed by atoms with Crippen LogP contribution < -0.4 is 0 Å². The Morgan fingerprint density at radius 2 is 2.00 bits per heavy atom. The Balaban J connectivity index is 1.66. The number of rotatable bonds is 5. The zero-order valence-corrected chi connectivity index (χ0v) is 13.6. The van der Waals surface area contributed by atoms with Gasteiger partial charge in [-0.2, -0.15) is 5.10 Å². The first-order chi connectivity index (χ1) is 11.5. The van der Waals surface area contributed by atoms with Crippen LogP contribution in [0.3, 0.4) is 0 Å². The van der Waals surface area contributed by atoms with E-state index in [0.717, 1.165) is 11.1 Å². The molecular formula is C18H21N3O3. The summed E-state index contributed by atoms with van der Waals surface area (Å²) in [6.07, 6.45) is 4.64. The van der Waals surface area contributed by atoms with Crippen molar-refractivity contribution in [1.82, 2.24) is 14.7 Å². The minimum absolute atomic E-state index is 0.00327. The van der Waals surface area contributed by atoms with Crippen molar-refractivity contribution in [1.29, 1.82) is 0 Å². The number of hydrogen-bond acceptors (Lipinski definition) is 3. The molecule has 1 aromatic heterocycles. The number of amides is 1. The number of carboxylic acids is 1. The molecule has 0 spiro atoms. The Morgan fingerprint density at radius 1 is 1.25 bits per heavy atom. The van der Waals surface area contributed by atoms with E-state index in [4.69, 9.17) is 0 Å². The molecule has 0 aliphatic carbocycles. The summed E-state index contributed by atoms with van der Waals surface area (Å²) in [5.74, 6) is -1.53. The van der Waals surface area contributed by atoms with Crippen LogP contribution in [-0.2, 0) is 23.1 Å². The van der Waals surface area contributed by atoms with Gasteiger partial charge < -0.3 is 10.0 Å². The highest BCUT2D eigenvalue weighted by Gasteiger charge is 2.40. The van der Waals surface area contributed by atoms with E-state index in [2.05, 4.69) is 5.10 Å². The highest BCUT2D eigenvalue weighted by molar-refractivity contribution is 5.79. The molecule has 6 nitrogen and oxygen atoms in total. The lowest BCUT2D eigenvalue weighted by atomic mass is 9.89. The first-order valence-electron chi connectivity index (χ1n) is 8.07. The van der Waals surface area contributed by atoms with Crippen LogP contribution in [0.5, 0.6) is 0 Å². The zero-order valence-electron chi connectivity index (χ0n) is 13.6. The number of benzene rings is 1. The smallest absolute Gasteiger partial charge is 0.308 e. The second kappa shape index (κ2) is 6.86. The summed E-state index contributed by atoms with van der Waals surface area (Å²) in [6.45, 7) is 0.744. The SMILES string of the molecule is Cn1cc(CCC(=O)N2CC(C(=O)O)C(c3ccccc3)C2)cn1. The van der Waals surface area contributed by atoms with E-state index < -0.39 is 11.9 Å². The highest BCUT2D eigenvalue weighted by atomic mass is 16.4. The lowest BCUT2D eigenvalue weighted by molar-refractivity contribution is -0.141. The summed E-state index contributed by atoms with van der Waals surface area (Å²) in [6, 6.07) is 9.59. The number of carbonyl (C=O) groups is 2. The summed E-state index contributed by atoms with van der Waals surface area (Å²) in [5, 5.41) is 13.6. The van der Waals surface area contributed by atoms with E-state index >= 15 is 0 Å². The Kier molecular flexibility index (Phi) is 4.64. The molecule has 0 bridgehead atoms. The van der Waals surface area contributed by atoms with Gasteiger partial charge in [-0.05, 0) is 17.5 Å². The predicted molar refractivity (Wildman–Crippen MR) is 88.4 cm³/mol. The number of nitrogens with zero attached hydrogens (tertiary/aromatic N) is 3. The quantitative estimate of drug-likeness (QED) is 0.906. The average molecular weight is 327 g/mol. The van der Waals surface area contributed by atoms with Crippen LogP contribution in [0.4, 0.5) is 0 Å². The monoisotopic (exact) mass is 327 g/mol. The van der Waals surface area contributed by atoms with Gasteiger partial charge in [-0.3, -0.25) is 14.3 Å². The maximum absolute atomic E-state index is 12.5. The van der Waals surface area contributed by atoms with Crippen molar-refractivity contribution in [3.63, 3.8) is 0 Å². The van der Waals surface area contributed by atoms with Crippen LogP contribution in [0.15, 0.2) is 42.7 Å². The van der Waals surface area contributed by atoms with Crippen LogP contribution in [0.1, 0.15) is 23.5 Å². The molecule has 1 aliphatic rings. The van der Waals surface area contributed by atoms with Gasteiger partial charge in [0.05, 0.1) is 12.1 Å². The molecule has 0 saturated carbocycles. The van der Waals surface area contributed by atoms with Crippen molar-refractivity contribution < 1.29 is 14.7 Å². The van der Waals surface area contributed by atoms with Gasteiger partial charge in [0.1, 0.15) is 0 Å². The topological polar surface area (TPSA) is 75.4 Å². The number of aryl methyl sites for hydroxylation is 2. The van der Waals surface area contributed by atoms with Crippen LogP contribution in [0.2, 0.25) is 0 Å². The first kappa shape index (κ1) is 16.2. The molecule has 0 radical (unpaired) electrons. The van der Waals surface area contributed by atoms with E-state index in [9.17, 15) is 14.7 Å². The van der Waals surface area contributed by atoms with Crippen LogP contribution in [0, 0.1) is 5.92 Å². The fraction of sp³-hybridized carbons (Fsp3) is 0.389. The third-order valence-corrected chi connectivity index (χ3v) is 4.60. The molecular weight excluding hydrogens is 306 g/mol. The van der Waals surface area contributed by atoms with Gasteiger partial charge in [-0.25, -0.2) is 0 Å². The lowest BCUT2D eigenvalue weighted by Crippen LogP contribution is -2.30. The van der Waals surface area contributed by atoms with E-state index in [1.54, 1.807) is 15.8 Å². The molecule has 2 aromatic rings. The Bertz CT molecular complexity index is 726. The molecule has 1 aromatic carbocycles. The second-order valence-corrected chi connectivity index (χ2v) is 6.28. The van der Waals surface area contributed by atoms with Crippen LogP contribution >= 0.6 is 0 Å². The van der Waals surface area contributed by atoms with Gasteiger partial charge in [0.15, 0.2) is 0 Å². The number of likely N-dealkylation sites (tertiary alicyclic amines) is 1. The second-order valence-electron chi connectivity index (χ2n) is 6.28. The van der Waals surface area contributed by atoms with Crippen molar-refractivity contribution in [3.8, 4) is 0 Å². The van der Waals surface area contributed by atoms with Gasteiger partial charge in [-0.1, -0.05) is 30.3 Å². The summed E-state index contributed by atoms with van der Waals surface area (Å²) < 4.78 is 1.71. The third kappa shape index (κ3) is 3.48. The zero-order chi connectivity index (χ0) is 17.1. The number of aliphatic carboxylic acids is 1. The van der Waals surface area contributed by atoms with E-state index in [1.165, 1.54) is 0 Å². The van der Waals surface area contributed by atoms with E-state index in [1.807, 2.05) is 43.6 Å². The third-order valence-electron chi connectivity index (χ3n) is 4.60. The standard InChI is InChI=1S/C18H21N3O3/c1-20-10-13(9-19-20)7-8-17(22)21-11-15(16(12-21)18(23)24)14-5-3-2-4-6-14/h2-6,9-10,15-16H,7-8,11-12H2,1H3,(H,23,24). The largest absolute Gasteiger partial charge is 0.481 e. The molecule has 2 unspecified atom stereocenters. The number of carbonyl (C=O) groups excluding carboxylic acids is 1. The predicted octanol–water partition coefficient (Wildman–Crippen LogP) is 1.68. The van der Waals surface area contributed by atoms with Crippen molar-refractivity contribution in [2.45, 2.75) is 18.8 Å². The Hall–Kier alpha value is -2.63. The lowest BCUT2D eigenvalue weighted by Gasteiger charge is -2.16. The van der Waals surface area contributed by atoms with Gasteiger partial charge in [-0.15, -0.1) is 0 Å². The Morgan fingerprint density at radius 3 is 2.62 bits per heavy atom. The molecule has 1 saturated heterocycles. The maximum atomic E-state index is 12.5. The number of carboxylic acid groups (broad SMARTS) is 1. The Labute approximate surface area is 140 Å². The summed E-state index contributed by atoms with van der Waals surface area (Å²) in [7, 11) is 1.84. The van der Waals surface area contributed by atoms with Crippen molar-refractivity contribution in [2.24, 2.45) is 13.0 Å². The van der Waals surface area contributed by atoms with Crippen molar-refractivity contribution in [3.05, 3.63) is 53.9 Å². The molecule has 6 heteroatoms. The molecule has 1 fully saturated rings. The molecule has 126 valence electrons. The number of hydrogen-bond donors (Lipinski definition) is 1. The fourth-order valence-corrected chi connectivity index (χ4v) is 3.31. The van der Waals surface area contributed by atoms with Gasteiger partial charge in [0.25, 0.3) is 0 Å². The normalized spacial score (nSPS) is 20.3. The fourth-order valence-electron chi connectivity index (χ4n) is 3.31. The van der Waals surface area contributed by atoms with Gasteiger partial charge in [0, 0.05) is 38.7 Å². The van der Waals surface area contributed by atoms with E-state index in [0.29, 0.717) is 19.4 Å². The van der Waals surface area contributed by atoms with E-state index in [-0.39, 0.29) is 18.4 Å². The van der Waals surface area contributed by atoms with Gasteiger partial charge >= 0.3 is 5.97 Å². The van der Waals surface area contributed by atoms with Crippen molar-refractivity contribution >= 4 is 11.9 Å². The molecule has 2 atom stereocenters. The van der Waals surface area contributed by atoms with Gasteiger partial charge in [0.2, 0.25) is 5.91 Å². The minimum Gasteiger partial charge on any atom is -0.481 e. The van der Waals surface area contributed by atoms with Crippen LogP contribution in [-0.4, -0.2) is 44.8 Å².